The van der Waals surface area contributed by atoms with E-state index >= 15 is 0 Å². The van der Waals surface area contributed by atoms with Crippen molar-refractivity contribution >= 4 is 49.4 Å². The van der Waals surface area contributed by atoms with E-state index in [2.05, 4.69) is 21.0 Å². The highest BCUT2D eigenvalue weighted by Gasteiger charge is 2.23. The summed E-state index contributed by atoms with van der Waals surface area (Å²) in [6, 6.07) is 19.3. The number of fused-ring (bicyclic) bond motifs is 6. The third-order valence-corrected chi connectivity index (χ3v) is 8.00. The maximum atomic E-state index is 13.4. The maximum Gasteiger partial charge on any atom is 0.283 e. The van der Waals surface area contributed by atoms with Crippen molar-refractivity contribution in [2.75, 3.05) is 0 Å². The molecule has 0 saturated heterocycles. The van der Waals surface area contributed by atoms with Crippen LogP contribution in [0, 0.1) is 0 Å². The van der Waals surface area contributed by atoms with Gasteiger partial charge in [0.15, 0.2) is 5.52 Å². The molecule has 3 aromatic carbocycles. The largest absolute Gasteiger partial charge is 0.768 e. The molecule has 4 heterocycles. The van der Waals surface area contributed by atoms with Gasteiger partial charge in [0.1, 0.15) is 11.0 Å². The van der Waals surface area contributed by atoms with Crippen molar-refractivity contribution in [2.24, 2.45) is 0 Å². The Kier molecular flexibility index (Phi) is 4.05. The Bertz CT molecular complexity index is 2190. The summed E-state index contributed by atoms with van der Waals surface area (Å²) < 4.78 is 26.2. The third-order valence-electron chi connectivity index (χ3n) is 7.30. The molecule has 0 spiro atoms. The molecule has 0 saturated carbocycles. The first-order valence-corrected chi connectivity index (χ1v) is 12.8. The molecule has 1 unspecified atom stereocenters. The van der Waals surface area contributed by atoms with Crippen LogP contribution in [0.1, 0.15) is 11.1 Å². The zero-order valence-corrected chi connectivity index (χ0v) is 20.0. The number of aromatic nitrogens is 4. The lowest BCUT2D eigenvalue weighted by molar-refractivity contribution is 0.537. The highest BCUT2D eigenvalue weighted by molar-refractivity contribution is 7.79. The van der Waals surface area contributed by atoms with Gasteiger partial charge >= 0.3 is 0 Å². The van der Waals surface area contributed by atoms with E-state index in [1.54, 1.807) is 22.9 Å². The molecular weight excluding hydrogens is 484 g/mol. The summed E-state index contributed by atoms with van der Waals surface area (Å²) in [5.74, 6) is 0. The lowest BCUT2D eigenvalue weighted by Gasteiger charge is -2.14. The van der Waals surface area contributed by atoms with Gasteiger partial charge in [-0.2, -0.15) is 0 Å². The molecule has 7 nitrogen and oxygen atoms in total. The topological polar surface area (TPSA) is 100 Å². The second-order valence-electron chi connectivity index (χ2n) is 9.25. The lowest BCUT2D eigenvalue weighted by Crippen LogP contribution is -2.15. The van der Waals surface area contributed by atoms with E-state index in [1.807, 2.05) is 48.5 Å². The molecule has 1 aliphatic rings. The predicted octanol–water partition coefficient (Wildman–Crippen LogP) is 4.86. The monoisotopic (exact) mass is 499 g/mol. The summed E-state index contributed by atoms with van der Waals surface area (Å²) in [4.78, 5) is 26.9. The molecule has 4 aromatic heterocycles. The first kappa shape index (κ1) is 20.6. The van der Waals surface area contributed by atoms with Gasteiger partial charge < -0.3 is 4.55 Å². The molecule has 8 heteroatoms. The number of hydrogen-bond acceptors (Lipinski definition) is 6. The Morgan fingerprint density at radius 1 is 0.784 bits per heavy atom. The number of benzene rings is 3. The first-order chi connectivity index (χ1) is 18.1. The SMILES string of the molecule is O=c1c2nccnc2c2nccc3c4cc(-c5ccc(-c6cccc7c6C7)c(S(=O)[O-])c5)ccc4n1c32. The highest BCUT2D eigenvalue weighted by Crippen LogP contribution is 2.41. The van der Waals surface area contributed by atoms with Crippen molar-refractivity contribution in [1.29, 1.82) is 0 Å². The highest BCUT2D eigenvalue weighted by atomic mass is 32.2. The summed E-state index contributed by atoms with van der Waals surface area (Å²) in [6.45, 7) is 0. The van der Waals surface area contributed by atoms with Gasteiger partial charge in [-0.15, -0.1) is 0 Å². The van der Waals surface area contributed by atoms with Gasteiger partial charge in [-0.25, -0.2) is 4.98 Å². The van der Waals surface area contributed by atoms with E-state index in [0.29, 0.717) is 22.1 Å². The molecule has 7 aromatic rings. The van der Waals surface area contributed by atoms with Crippen LogP contribution in [-0.2, 0) is 17.5 Å². The van der Waals surface area contributed by atoms with Crippen LogP contribution in [-0.4, -0.2) is 28.1 Å². The minimum atomic E-state index is -2.40. The summed E-state index contributed by atoms with van der Waals surface area (Å²) in [5.41, 5.74) is 8.37. The van der Waals surface area contributed by atoms with Gasteiger partial charge in [-0.05, 0) is 75.1 Å². The second kappa shape index (κ2) is 7.25. The Hall–Kier alpha value is -4.53. The van der Waals surface area contributed by atoms with E-state index in [9.17, 15) is 13.6 Å². The van der Waals surface area contributed by atoms with E-state index in [-0.39, 0.29) is 16.0 Å². The fraction of sp³-hybridized carbons (Fsp3) is 0.0345. The molecule has 1 aliphatic carbocycles. The third kappa shape index (κ3) is 2.82. The first-order valence-electron chi connectivity index (χ1n) is 11.7. The quantitative estimate of drug-likeness (QED) is 0.254. The fourth-order valence-electron chi connectivity index (χ4n) is 5.55. The van der Waals surface area contributed by atoms with Crippen LogP contribution in [0.25, 0.3) is 60.6 Å². The van der Waals surface area contributed by atoms with Crippen molar-refractivity contribution in [2.45, 2.75) is 11.3 Å². The van der Waals surface area contributed by atoms with Crippen molar-refractivity contribution < 1.29 is 8.76 Å². The minimum Gasteiger partial charge on any atom is -0.768 e. The Balaban J connectivity index is 1.38. The van der Waals surface area contributed by atoms with Crippen LogP contribution in [0.2, 0.25) is 0 Å². The number of pyridine rings is 2. The second-order valence-corrected chi connectivity index (χ2v) is 10.2. The van der Waals surface area contributed by atoms with Crippen LogP contribution in [0.3, 0.4) is 0 Å². The molecule has 0 radical (unpaired) electrons. The Morgan fingerprint density at radius 2 is 1.57 bits per heavy atom. The average Bonchev–Trinajstić information content (AvgIpc) is 3.66. The van der Waals surface area contributed by atoms with E-state index in [4.69, 9.17) is 0 Å². The van der Waals surface area contributed by atoms with Crippen LogP contribution < -0.4 is 5.56 Å². The van der Waals surface area contributed by atoms with Crippen molar-refractivity contribution in [3.8, 4) is 22.3 Å². The number of nitrogens with zero attached hydrogens (tertiary/aromatic N) is 4. The molecule has 37 heavy (non-hydrogen) atoms. The normalized spacial score (nSPS) is 13.5. The fourth-order valence-corrected chi connectivity index (χ4v) is 6.13. The molecule has 1 atom stereocenters. The van der Waals surface area contributed by atoms with Gasteiger partial charge in [0.25, 0.3) is 5.56 Å². The molecule has 176 valence electrons. The summed E-state index contributed by atoms with van der Waals surface area (Å²) in [7, 11) is 0. The molecule has 8 rings (SSSR count). The van der Waals surface area contributed by atoms with Gasteiger partial charge in [0.2, 0.25) is 0 Å². The maximum absolute atomic E-state index is 13.4. The van der Waals surface area contributed by atoms with E-state index in [1.165, 1.54) is 17.3 Å². The number of hydrogen-bond donors (Lipinski definition) is 0. The van der Waals surface area contributed by atoms with Crippen molar-refractivity contribution in [1.82, 2.24) is 19.4 Å². The smallest absolute Gasteiger partial charge is 0.283 e. The summed E-state index contributed by atoms with van der Waals surface area (Å²) in [6.07, 6.45) is 5.68. The van der Waals surface area contributed by atoms with Gasteiger partial charge in [-0.3, -0.25) is 23.4 Å². The summed E-state index contributed by atoms with van der Waals surface area (Å²) in [5, 5.41) is 1.75. The van der Waals surface area contributed by atoms with Crippen LogP contribution in [0.4, 0.5) is 0 Å². The zero-order chi connectivity index (χ0) is 24.8. The molecule has 0 bridgehead atoms. The Labute approximate surface area is 211 Å². The van der Waals surface area contributed by atoms with Gasteiger partial charge in [-0.1, -0.05) is 36.4 Å². The van der Waals surface area contributed by atoms with Crippen molar-refractivity contribution in [3.63, 3.8) is 0 Å². The zero-order valence-electron chi connectivity index (χ0n) is 19.1. The molecule has 0 aliphatic heterocycles. The average molecular weight is 500 g/mol. The molecule has 0 N–H and O–H groups in total. The van der Waals surface area contributed by atoms with E-state index in [0.717, 1.165) is 39.4 Å². The predicted molar refractivity (Wildman–Crippen MR) is 142 cm³/mol. The standard InChI is InChI=1S/C29H16N4O3S/c34-29-27-25(31-10-11-32-27)26-28-20(8-9-30-26)22-12-15(5-7-23(22)33(28)29)16-4-6-19(24(14-16)37(35)36)18-3-1-2-17-13-21(17)18/h1-12,14H,13H2,(H,35,36)/p-1. The van der Waals surface area contributed by atoms with Crippen LogP contribution >= 0.6 is 0 Å². The van der Waals surface area contributed by atoms with Crippen LogP contribution in [0.5, 0.6) is 0 Å². The molecular formula is C29H15N4O3S-. The molecule has 0 amide bonds. The van der Waals surface area contributed by atoms with Crippen molar-refractivity contribution in [3.05, 3.63) is 101 Å². The lowest BCUT2D eigenvalue weighted by atomic mass is 9.98. The summed E-state index contributed by atoms with van der Waals surface area (Å²) >= 11 is -2.40. The Morgan fingerprint density at radius 3 is 2.43 bits per heavy atom. The molecule has 0 fully saturated rings. The number of rotatable bonds is 3. The minimum absolute atomic E-state index is 0.242. The van der Waals surface area contributed by atoms with Gasteiger partial charge in [0, 0.05) is 34.3 Å². The van der Waals surface area contributed by atoms with E-state index < -0.39 is 11.1 Å². The van der Waals surface area contributed by atoms with Crippen LogP contribution in [0.15, 0.2) is 88.9 Å². The van der Waals surface area contributed by atoms with Gasteiger partial charge in [0.05, 0.1) is 11.0 Å².